The molecule has 92 valence electrons. The van der Waals surface area contributed by atoms with E-state index in [-0.39, 0.29) is 5.97 Å². The van der Waals surface area contributed by atoms with Crippen molar-refractivity contribution in [2.24, 2.45) is 0 Å². The Bertz CT molecular complexity index is 404. The van der Waals surface area contributed by atoms with Crippen LogP contribution >= 0.6 is 24.4 Å². The van der Waals surface area contributed by atoms with E-state index in [1.807, 2.05) is 25.1 Å². The lowest BCUT2D eigenvalue weighted by atomic mass is 10.4. The van der Waals surface area contributed by atoms with Crippen molar-refractivity contribution in [2.45, 2.75) is 13.8 Å². The number of rotatable bonds is 5. The zero-order chi connectivity index (χ0) is 12.7. The Kier molecular flexibility index (Phi) is 6.15. The molecule has 1 aromatic heterocycles. The van der Waals surface area contributed by atoms with E-state index in [0.29, 0.717) is 16.5 Å². The van der Waals surface area contributed by atoms with Crippen LogP contribution in [0.4, 0.5) is 0 Å². The lowest BCUT2D eigenvalue weighted by Crippen LogP contribution is -2.36. The van der Waals surface area contributed by atoms with Gasteiger partial charge in [0.15, 0.2) is 12.4 Å². The van der Waals surface area contributed by atoms with Crippen molar-refractivity contribution < 1.29 is 14.1 Å². The third kappa shape index (κ3) is 4.09. The lowest BCUT2D eigenvalue weighted by molar-refractivity contribution is -0.578. The summed E-state index contributed by atoms with van der Waals surface area (Å²) in [4.78, 5) is 11.9. The molecule has 0 saturated heterocycles. The Hall–Kier alpha value is -0.940. The molecule has 0 radical (unpaired) electrons. The second-order valence-corrected chi connectivity index (χ2v) is 5.11. The van der Waals surface area contributed by atoms with Crippen LogP contribution in [-0.2, 0) is 9.53 Å². The first kappa shape index (κ1) is 14.1. The van der Waals surface area contributed by atoms with Gasteiger partial charge in [0.2, 0.25) is 0 Å². The average molecular weight is 270 g/mol. The molecule has 0 aliphatic heterocycles. The van der Waals surface area contributed by atoms with Crippen LogP contribution in [-0.4, -0.2) is 18.3 Å². The maximum absolute atomic E-state index is 11.9. The lowest BCUT2D eigenvalue weighted by Gasteiger charge is -2.04. The summed E-state index contributed by atoms with van der Waals surface area (Å²) in [6.45, 7) is 4.16. The Morgan fingerprint density at radius 2 is 1.94 bits per heavy atom. The van der Waals surface area contributed by atoms with E-state index in [4.69, 9.17) is 4.74 Å². The SMILES string of the molecule is CCOC(=O)/C(=C(/S)SCC)[n+]1ccccc1. The van der Waals surface area contributed by atoms with Gasteiger partial charge in [-0.15, -0.1) is 24.4 Å². The molecule has 0 aliphatic rings. The number of ether oxygens (including phenoxy) is 1. The Balaban J connectivity index is 3.11. The number of hydrogen-bond acceptors (Lipinski definition) is 4. The Morgan fingerprint density at radius 3 is 2.47 bits per heavy atom. The predicted molar refractivity (Wildman–Crippen MR) is 73.6 cm³/mol. The first-order valence-electron chi connectivity index (χ1n) is 5.40. The molecule has 0 aliphatic carbocycles. The highest BCUT2D eigenvalue weighted by Gasteiger charge is 2.25. The molecule has 0 aromatic carbocycles. The number of thioether (sulfide) groups is 1. The summed E-state index contributed by atoms with van der Waals surface area (Å²) in [5.41, 5.74) is 0.461. The van der Waals surface area contributed by atoms with Gasteiger partial charge in [-0.25, -0.2) is 4.79 Å². The maximum atomic E-state index is 11.9. The standard InChI is InChI=1S/C12H15NO2S2/c1-3-15-11(14)10(12(16)17-4-2)13-8-6-5-7-9-13/h5-9H,3-4H2,1-2H3/p+1. The summed E-state index contributed by atoms with van der Waals surface area (Å²) in [5.74, 6) is 0.504. The number of carbonyl (C=O) groups is 1. The van der Waals surface area contributed by atoms with Gasteiger partial charge in [0, 0.05) is 12.1 Å². The quantitative estimate of drug-likeness (QED) is 0.385. The first-order valence-corrected chi connectivity index (χ1v) is 6.83. The third-order valence-corrected chi connectivity index (χ3v) is 3.28. The van der Waals surface area contributed by atoms with Crippen molar-refractivity contribution in [2.75, 3.05) is 12.4 Å². The monoisotopic (exact) mass is 270 g/mol. The minimum absolute atomic E-state index is 0.352. The minimum Gasteiger partial charge on any atom is -0.458 e. The fourth-order valence-electron chi connectivity index (χ4n) is 1.26. The minimum atomic E-state index is -0.352. The summed E-state index contributed by atoms with van der Waals surface area (Å²) in [5, 5.41) is 0. The molecule has 0 spiro atoms. The molecular formula is C12H16NO2S2+. The van der Waals surface area contributed by atoms with Crippen LogP contribution in [0.5, 0.6) is 0 Å². The summed E-state index contributed by atoms with van der Waals surface area (Å²) in [6.07, 6.45) is 3.61. The van der Waals surface area contributed by atoms with Crippen molar-refractivity contribution in [3.63, 3.8) is 0 Å². The second-order valence-electron chi connectivity index (χ2n) is 3.09. The van der Waals surface area contributed by atoms with E-state index >= 15 is 0 Å². The van der Waals surface area contributed by atoms with Crippen LogP contribution in [0.2, 0.25) is 0 Å². The summed E-state index contributed by atoms with van der Waals surface area (Å²) in [6, 6.07) is 5.61. The van der Waals surface area contributed by atoms with Crippen LogP contribution in [0, 0.1) is 0 Å². The molecule has 0 atom stereocenters. The zero-order valence-electron chi connectivity index (χ0n) is 9.92. The highest BCUT2D eigenvalue weighted by Crippen LogP contribution is 2.24. The molecule has 3 nitrogen and oxygen atoms in total. The maximum Gasteiger partial charge on any atom is 0.405 e. The van der Waals surface area contributed by atoms with Crippen LogP contribution in [0.1, 0.15) is 13.8 Å². The molecule has 0 saturated carbocycles. The van der Waals surface area contributed by atoms with Crippen LogP contribution in [0.15, 0.2) is 34.8 Å². The van der Waals surface area contributed by atoms with Gasteiger partial charge >= 0.3 is 11.7 Å². The molecule has 0 amide bonds. The van der Waals surface area contributed by atoms with Crippen LogP contribution in [0.3, 0.4) is 0 Å². The largest absolute Gasteiger partial charge is 0.458 e. The van der Waals surface area contributed by atoms with Gasteiger partial charge in [-0.2, -0.15) is 4.57 Å². The van der Waals surface area contributed by atoms with Gasteiger partial charge in [-0.3, -0.25) is 0 Å². The fraction of sp³-hybridized carbons (Fsp3) is 0.333. The summed E-state index contributed by atoms with van der Waals surface area (Å²) >= 11 is 5.88. The van der Waals surface area contributed by atoms with Gasteiger partial charge in [-0.1, -0.05) is 13.0 Å². The summed E-state index contributed by atoms with van der Waals surface area (Å²) in [7, 11) is 0. The molecule has 1 heterocycles. The van der Waals surface area contributed by atoms with Crippen molar-refractivity contribution in [1.82, 2.24) is 0 Å². The topological polar surface area (TPSA) is 30.2 Å². The third-order valence-electron chi connectivity index (χ3n) is 1.93. The van der Waals surface area contributed by atoms with Gasteiger partial charge < -0.3 is 4.74 Å². The molecule has 1 aromatic rings. The number of carbonyl (C=O) groups excluding carboxylic acids is 1. The van der Waals surface area contributed by atoms with Crippen molar-refractivity contribution in [3.8, 4) is 0 Å². The van der Waals surface area contributed by atoms with Crippen molar-refractivity contribution in [1.29, 1.82) is 0 Å². The van der Waals surface area contributed by atoms with E-state index in [0.717, 1.165) is 5.75 Å². The van der Waals surface area contributed by atoms with Crippen molar-refractivity contribution >= 4 is 36.1 Å². The molecule has 0 N–H and O–H groups in total. The Morgan fingerprint density at radius 1 is 1.29 bits per heavy atom. The number of esters is 1. The highest BCUT2D eigenvalue weighted by molar-refractivity contribution is 8.15. The van der Waals surface area contributed by atoms with E-state index in [1.165, 1.54) is 11.8 Å². The first-order chi connectivity index (χ1) is 8.20. The van der Waals surface area contributed by atoms with Gasteiger partial charge in [0.05, 0.1) is 6.61 Å². The fourth-order valence-corrected chi connectivity index (χ4v) is 2.45. The Labute approximate surface area is 111 Å². The van der Waals surface area contributed by atoms with E-state index < -0.39 is 0 Å². The number of thiol groups is 1. The average Bonchev–Trinajstić information content (AvgIpc) is 2.31. The van der Waals surface area contributed by atoms with Crippen LogP contribution < -0.4 is 4.57 Å². The smallest absolute Gasteiger partial charge is 0.405 e. The second kappa shape index (κ2) is 7.40. The normalized spacial score (nSPS) is 11.9. The number of hydrogen-bond donors (Lipinski definition) is 1. The molecule has 0 bridgehead atoms. The molecule has 0 fully saturated rings. The molecule has 5 heteroatoms. The van der Waals surface area contributed by atoms with Gasteiger partial charge in [0.1, 0.15) is 4.24 Å². The highest BCUT2D eigenvalue weighted by atomic mass is 32.2. The van der Waals surface area contributed by atoms with E-state index in [9.17, 15) is 4.79 Å². The van der Waals surface area contributed by atoms with E-state index in [2.05, 4.69) is 12.6 Å². The molecule has 1 rings (SSSR count). The van der Waals surface area contributed by atoms with Gasteiger partial charge in [-0.05, 0) is 12.7 Å². The molecule has 0 unspecified atom stereocenters. The molecular weight excluding hydrogens is 254 g/mol. The van der Waals surface area contributed by atoms with Crippen LogP contribution in [0.25, 0.3) is 5.70 Å². The number of nitrogens with zero attached hydrogens (tertiary/aromatic N) is 1. The zero-order valence-corrected chi connectivity index (χ0v) is 11.6. The summed E-state index contributed by atoms with van der Waals surface area (Å²) < 4.78 is 7.44. The number of pyridine rings is 1. The predicted octanol–water partition coefficient (Wildman–Crippen LogP) is 2.35. The van der Waals surface area contributed by atoms with Crippen molar-refractivity contribution in [3.05, 3.63) is 34.8 Å². The number of aromatic nitrogens is 1. The van der Waals surface area contributed by atoms with E-state index in [1.54, 1.807) is 23.9 Å². The van der Waals surface area contributed by atoms with Gasteiger partial charge in [0.25, 0.3) is 0 Å². The molecule has 17 heavy (non-hydrogen) atoms.